The second-order valence-electron chi connectivity index (χ2n) is 5.77. The number of piperidine rings is 1. The van der Waals surface area contributed by atoms with E-state index in [9.17, 15) is 4.79 Å². The van der Waals surface area contributed by atoms with Gasteiger partial charge in [0.2, 0.25) is 11.9 Å². The first-order valence-corrected chi connectivity index (χ1v) is 7.78. The minimum atomic E-state index is -0.468. The average Bonchev–Trinajstić information content (AvgIpc) is 2.50. The van der Waals surface area contributed by atoms with Crippen LogP contribution in [0.1, 0.15) is 30.4 Å². The highest BCUT2D eigenvalue weighted by Crippen LogP contribution is 2.15. The number of carbonyl (C=O) groups excluding carboxylic acids is 1. The molecule has 1 heterocycles. The van der Waals surface area contributed by atoms with Crippen LogP contribution in [0.2, 0.25) is 0 Å². The molecule has 0 aromatic heterocycles. The standard InChI is InChI=1S/C16H24N6O.ClH/c1-11-6-7-13(12(2)10-11)19-16(23)21-14(17)20-15(18)22-8-4-3-5-9-22;/h6-7,10H,3-5,8-9H2,1-2H3,(H5,17,18,19,20,21,23);1H. The van der Waals surface area contributed by atoms with E-state index in [4.69, 9.17) is 11.1 Å². The molecule has 2 amide bonds. The van der Waals surface area contributed by atoms with E-state index in [-0.39, 0.29) is 24.3 Å². The summed E-state index contributed by atoms with van der Waals surface area (Å²) in [6.07, 6.45) is 3.29. The number of hydrogen-bond acceptors (Lipinski definition) is 2. The van der Waals surface area contributed by atoms with Crippen molar-refractivity contribution >= 4 is 36.0 Å². The van der Waals surface area contributed by atoms with E-state index in [0.29, 0.717) is 5.69 Å². The van der Waals surface area contributed by atoms with Gasteiger partial charge < -0.3 is 16.0 Å². The number of nitrogens with zero attached hydrogens (tertiary/aromatic N) is 2. The molecule has 0 radical (unpaired) electrons. The highest BCUT2D eigenvalue weighted by atomic mass is 35.5. The fraction of sp³-hybridized carbons (Fsp3) is 0.438. The number of amides is 2. The molecule has 0 aliphatic carbocycles. The van der Waals surface area contributed by atoms with Crippen LogP contribution in [0.3, 0.4) is 0 Å². The maximum absolute atomic E-state index is 12.0. The molecule has 1 aromatic rings. The van der Waals surface area contributed by atoms with Gasteiger partial charge in [0, 0.05) is 18.8 Å². The molecule has 0 unspecified atom stereocenters. The predicted octanol–water partition coefficient (Wildman–Crippen LogP) is 2.58. The Morgan fingerprint density at radius 2 is 1.92 bits per heavy atom. The zero-order valence-corrected chi connectivity index (χ0v) is 14.9. The Kier molecular flexibility index (Phi) is 7.51. The van der Waals surface area contributed by atoms with Gasteiger partial charge in [-0.3, -0.25) is 10.7 Å². The van der Waals surface area contributed by atoms with E-state index in [1.54, 1.807) is 0 Å². The first-order chi connectivity index (χ1) is 11.0. The van der Waals surface area contributed by atoms with Gasteiger partial charge in [-0.05, 0) is 44.7 Å². The smallest absolute Gasteiger partial charge is 0.326 e. The summed E-state index contributed by atoms with van der Waals surface area (Å²) in [6, 6.07) is 5.28. The van der Waals surface area contributed by atoms with Crippen LogP contribution in [0.25, 0.3) is 0 Å². The van der Waals surface area contributed by atoms with E-state index in [2.05, 4.69) is 15.6 Å². The van der Waals surface area contributed by atoms with Gasteiger partial charge in [0.15, 0.2) is 0 Å². The summed E-state index contributed by atoms with van der Waals surface area (Å²) >= 11 is 0. The maximum Gasteiger partial charge on any atom is 0.326 e. The van der Waals surface area contributed by atoms with Crippen LogP contribution in [0, 0.1) is 19.3 Å². The first-order valence-electron chi connectivity index (χ1n) is 7.78. The molecule has 0 bridgehead atoms. The number of rotatable bonds is 1. The summed E-state index contributed by atoms with van der Waals surface area (Å²) in [5.74, 6) is 0.0110. The molecular weight excluding hydrogens is 328 g/mol. The van der Waals surface area contributed by atoms with E-state index in [1.165, 1.54) is 6.42 Å². The Morgan fingerprint density at radius 3 is 2.54 bits per heavy atom. The largest absolute Gasteiger partial charge is 0.369 e. The Bertz CT molecular complexity index is 625. The zero-order valence-electron chi connectivity index (χ0n) is 14.1. The van der Waals surface area contributed by atoms with Gasteiger partial charge in [0.25, 0.3) is 0 Å². The third kappa shape index (κ3) is 5.73. The number of benzene rings is 1. The van der Waals surface area contributed by atoms with E-state index < -0.39 is 6.03 Å². The third-order valence-corrected chi connectivity index (χ3v) is 3.75. The number of hydrogen-bond donors (Lipinski definition) is 4. The summed E-state index contributed by atoms with van der Waals surface area (Å²) in [5.41, 5.74) is 8.52. The van der Waals surface area contributed by atoms with E-state index >= 15 is 0 Å². The van der Waals surface area contributed by atoms with Crippen molar-refractivity contribution in [3.05, 3.63) is 29.3 Å². The van der Waals surface area contributed by atoms with Crippen LogP contribution >= 0.6 is 12.4 Å². The van der Waals surface area contributed by atoms with Crippen molar-refractivity contribution in [1.29, 1.82) is 5.41 Å². The SMILES string of the molecule is Cc1ccc(NC(=O)N/C(N)=N/C(=N)N2CCCCC2)c(C)c1.Cl. The van der Waals surface area contributed by atoms with E-state index in [0.717, 1.165) is 37.1 Å². The highest BCUT2D eigenvalue weighted by Gasteiger charge is 2.14. The molecule has 2 rings (SSSR count). The topological polar surface area (TPSA) is 107 Å². The number of nitrogens with two attached hydrogens (primary N) is 1. The van der Waals surface area contributed by atoms with Crippen molar-refractivity contribution in [2.75, 3.05) is 18.4 Å². The second kappa shape index (κ2) is 9.12. The van der Waals surface area contributed by atoms with Crippen LogP contribution in [-0.4, -0.2) is 35.9 Å². The summed E-state index contributed by atoms with van der Waals surface area (Å²) in [4.78, 5) is 17.8. The molecular formula is C16H25ClN6O. The monoisotopic (exact) mass is 352 g/mol. The molecule has 1 aromatic carbocycles. The van der Waals surface area contributed by atoms with Gasteiger partial charge in [-0.15, -0.1) is 12.4 Å². The number of anilines is 1. The number of aryl methyl sites for hydroxylation is 2. The van der Waals surface area contributed by atoms with Gasteiger partial charge in [-0.2, -0.15) is 4.99 Å². The fourth-order valence-electron chi connectivity index (χ4n) is 2.54. The highest BCUT2D eigenvalue weighted by molar-refractivity contribution is 6.05. The van der Waals surface area contributed by atoms with Gasteiger partial charge in [0.1, 0.15) is 0 Å². The second-order valence-corrected chi connectivity index (χ2v) is 5.77. The molecule has 7 nitrogen and oxygen atoms in total. The predicted molar refractivity (Wildman–Crippen MR) is 100 cm³/mol. The van der Waals surface area contributed by atoms with Crippen molar-refractivity contribution in [2.24, 2.45) is 10.7 Å². The molecule has 1 saturated heterocycles. The van der Waals surface area contributed by atoms with Crippen molar-refractivity contribution < 1.29 is 4.79 Å². The van der Waals surface area contributed by atoms with Crippen molar-refractivity contribution in [2.45, 2.75) is 33.1 Å². The molecule has 1 aliphatic rings. The summed E-state index contributed by atoms with van der Waals surface area (Å²) < 4.78 is 0. The van der Waals surface area contributed by atoms with Crippen molar-refractivity contribution in [1.82, 2.24) is 10.2 Å². The minimum absolute atomic E-state index is 0. The lowest BCUT2D eigenvalue weighted by atomic mass is 10.1. The van der Waals surface area contributed by atoms with E-state index in [1.807, 2.05) is 36.9 Å². The van der Waals surface area contributed by atoms with Gasteiger partial charge in [0.05, 0.1) is 0 Å². The Hall–Kier alpha value is -2.28. The summed E-state index contributed by atoms with van der Waals surface area (Å²) in [7, 11) is 0. The zero-order chi connectivity index (χ0) is 16.8. The number of carbonyl (C=O) groups is 1. The van der Waals surface area contributed by atoms with Crippen molar-refractivity contribution in [3.8, 4) is 0 Å². The summed E-state index contributed by atoms with van der Waals surface area (Å²) in [6.45, 7) is 5.54. The Labute approximate surface area is 148 Å². The molecule has 1 aliphatic heterocycles. The average molecular weight is 353 g/mol. The number of halogens is 1. The lowest BCUT2D eigenvalue weighted by Crippen LogP contribution is -2.42. The lowest BCUT2D eigenvalue weighted by molar-refractivity contribution is 0.256. The molecule has 0 saturated carbocycles. The van der Waals surface area contributed by atoms with Crippen LogP contribution < -0.4 is 16.4 Å². The maximum atomic E-state index is 12.0. The van der Waals surface area contributed by atoms with Gasteiger partial charge >= 0.3 is 6.03 Å². The van der Waals surface area contributed by atoms with Crippen LogP contribution in [0.5, 0.6) is 0 Å². The van der Waals surface area contributed by atoms with Gasteiger partial charge in [-0.1, -0.05) is 17.7 Å². The number of guanidine groups is 2. The number of urea groups is 1. The quantitative estimate of drug-likeness (QED) is 0.461. The third-order valence-electron chi connectivity index (χ3n) is 3.75. The van der Waals surface area contributed by atoms with Gasteiger partial charge in [-0.25, -0.2) is 4.79 Å². The Morgan fingerprint density at radius 1 is 1.25 bits per heavy atom. The Balaban J connectivity index is 0.00000288. The lowest BCUT2D eigenvalue weighted by Gasteiger charge is -2.26. The first kappa shape index (κ1) is 19.8. The molecule has 132 valence electrons. The fourth-order valence-corrected chi connectivity index (χ4v) is 2.54. The van der Waals surface area contributed by atoms with Crippen molar-refractivity contribution in [3.63, 3.8) is 0 Å². The molecule has 1 fully saturated rings. The normalized spacial score (nSPS) is 14.6. The number of aliphatic imine (C=N–C) groups is 1. The minimum Gasteiger partial charge on any atom is -0.369 e. The summed E-state index contributed by atoms with van der Waals surface area (Å²) in [5, 5.41) is 13.1. The molecule has 0 atom stereocenters. The molecule has 24 heavy (non-hydrogen) atoms. The van der Waals surface area contributed by atoms with Crippen LogP contribution in [-0.2, 0) is 0 Å². The van der Waals surface area contributed by atoms with Crippen LogP contribution in [0.4, 0.5) is 10.5 Å². The molecule has 0 spiro atoms. The molecule has 5 N–H and O–H groups in total. The number of likely N-dealkylation sites (tertiary alicyclic amines) is 1. The molecule has 8 heteroatoms. The number of nitrogens with one attached hydrogen (secondary N) is 3. The van der Waals surface area contributed by atoms with Crippen LogP contribution in [0.15, 0.2) is 23.2 Å².